The van der Waals surface area contributed by atoms with Crippen LogP contribution >= 0.6 is 0 Å². The standard InChI is InChI=1S/C17H26N4O3/c1-13-5-6-15(19-10-13)20-17(23)14-4-3-8-21(12-14)16(22)11-18-7-9-24-2/h5-6,10,14,18H,3-4,7-9,11-12H2,1-2H3,(H,19,20,23). The van der Waals surface area contributed by atoms with E-state index in [0.717, 1.165) is 18.4 Å². The molecule has 132 valence electrons. The molecular formula is C17H26N4O3. The number of aromatic nitrogens is 1. The topological polar surface area (TPSA) is 83.6 Å². The highest BCUT2D eigenvalue weighted by Gasteiger charge is 2.28. The Morgan fingerprint density at radius 2 is 2.25 bits per heavy atom. The van der Waals surface area contributed by atoms with Crippen molar-refractivity contribution in [1.82, 2.24) is 15.2 Å². The largest absolute Gasteiger partial charge is 0.383 e. The first kappa shape index (κ1) is 18.4. The summed E-state index contributed by atoms with van der Waals surface area (Å²) >= 11 is 0. The molecule has 1 aromatic rings. The molecule has 7 heteroatoms. The molecule has 0 aromatic carbocycles. The minimum Gasteiger partial charge on any atom is -0.383 e. The minimum absolute atomic E-state index is 0.0251. The van der Waals surface area contributed by atoms with Gasteiger partial charge in [0.05, 0.1) is 19.1 Å². The molecule has 2 rings (SSSR count). The number of aryl methyl sites for hydroxylation is 1. The highest BCUT2D eigenvalue weighted by molar-refractivity contribution is 5.92. The lowest BCUT2D eigenvalue weighted by molar-refractivity contribution is -0.133. The van der Waals surface area contributed by atoms with Gasteiger partial charge in [-0.15, -0.1) is 0 Å². The molecule has 2 N–H and O–H groups in total. The molecule has 1 aliphatic heterocycles. The molecule has 1 fully saturated rings. The summed E-state index contributed by atoms with van der Waals surface area (Å²) in [6.45, 7) is 4.60. The second-order valence-corrected chi connectivity index (χ2v) is 6.06. The van der Waals surface area contributed by atoms with E-state index in [1.54, 1.807) is 24.3 Å². The predicted octanol–water partition coefficient (Wildman–Crippen LogP) is 0.803. The molecule has 24 heavy (non-hydrogen) atoms. The van der Waals surface area contributed by atoms with Crippen LogP contribution in [0.25, 0.3) is 0 Å². The van der Waals surface area contributed by atoms with E-state index in [-0.39, 0.29) is 24.3 Å². The third kappa shape index (κ3) is 5.58. The number of piperidine rings is 1. The Hall–Kier alpha value is -1.99. The van der Waals surface area contributed by atoms with Gasteiger partial charge in [-0.2, -0.15) is 0 Å². The van der Waals surface area contributed by atoms with Crippen molar-refractivity contribution in [2.45, 2.75) is 19.8 Å². The van der Waals surface area contributed by atoms with Crippen LogP contribution in [0.3, 0.4) is 0 Å². The summed E-state index contributed by atoms with van der Waals surface area (Å²) in [7, 11) is 1.63. The molecule has 0 aliphatic carbocycles. The molecular weight excluding hydrogens is 308 g/mol. The quantitative estimate of drug-likeness (QED) is 0.721. The third-order valence-corrected chi connectivity index (χ3v) is 4.07. The van der Waals surface area contributed by atoms with Gasteiger partial charge < -0.3 is 20.3 Å². The molecule has 1 saturated heterocycles. The lowest BCUT2D eigenvalue weighted by Crippen LogP contribution is -2.47. The van der Waals surface area contributed by atoms with Crippen LogP contribution in [-0.4, -0.2) is 61.6 Å². The Kier molecular flexibility index (Phi) is 7.14. The average Bonchev–Trinajstić information content (AvgIpc) is 2.60. The molecule has 0 radical (unpaired) electrons. The number of hydrogen-bond acceptors (Lipinski definition) is 5. The summed E-state index contributed by atoms with van der Waals surface area (Å²) in [5.41, 5.74) is 1.04. The Labute approximate surface area is 142 Å². The maximum Gasteiger partial charge on any atom is 0.236 e. The first-order valence-corrected chi connectivity index (χ1v) is 8.31. The zero-order valence-corrected chi connectivity index (χ0v) is 14.4. The van der Waals surface area contributed by atoms with Gasteiger partial charge in [0.2, 0.25) is 11.8 Å². The molecule has 7 nitrogen and oxygen atoms in total. The molecule has 0 spiro atoms. The van der Waals surface area contributed by atoms with Crippen molar-refractivity contribution >= 4 is 17.6 Å². The van der Waals surface area contributed by atoms with Crippen molar-refractivity contribution < 1.29 is 14.3 Å². The Morgan fingerprint density at radius 1 is 1.42 bits per heavy atom. The third-order valence-electron chi connectivity index (χ3n) is 4.07. The molecule has 2 heterocycles. The van der Waals surface area contributed by atoms with Gasteiger partial charge in [-0.25, -0.2) is 4.98 Å². The van der Waals surface area contributed by atoms with E-state index in [2.05, 4.69) is 15.6 Å². The smallest absolute Gasteiger partial charge is 0.236 e. The number of hydrogen-bond donors (Lipinski definition) is 2. The first-order chi connectivity index (χ1) is 11.6. The van der Waals surface area contributed by atoms with Gasteiger partial charge in [0.25, 0.3) is 0 Å². The van der Waals surface area contributed by atoms with Crippen LogP contribution in [-0.2, 0) is 14.3 Å². The Morgan fingerprint density at radius 3 is 2.96 bits per heavy atom. The van der Waals surface area contributed by atoms with Crippen LogP contribution in [0.2, 0.25) is 0 Å². The first-order valence-electron chi connectivity index (χ1n) is 8.31. The summed E-state index contributed by atoms with van der Waals surface area (Å²) in [4.78, 5) is 30.6. The summed E-state index contributed by atoms with van der Waals surface area (Å²) in [6, 6.07) is 3.70. The number of carbonyl (C=O) groups excluding carboxylic acids is 2. The number of rotatable bonds is 7. The highest BCUT2D eigenvalue weighted by Crippen LogP contribution is 2.18. The van der Waals surface area contributed by atoms with Gasteiger partial charge in [-0.3, -0.25) is 9.59 Å². The van der Waals surface area contributed by atoms with Crippen molar-refractivity contribution in [3.63, 3.8) is 0 Å². The van der Waals surface area contributed by atoms with Gasteiger partial charge >= 0.3 is 0 Å². The van der Waals surface area contributed by atoms with E-state index >= 15 is 0 Å². The molecule has 1 atom stereocenters. The van der Waals surface area contributed by atoms with Crippen molar-refractivity contribution in [2.24, 2.45) is 5.92 Å². The van der Waals surface area contributed by atoms with Gasteiger partial charge in [-0.1, -0.05) is 6.07 Å². The Balaban J connectivity index is 1.82. The van der Waals surface area contributed by atoms with E-state index in [1.165, 1.54) is 0 Å². The average molecular weight is 334 g/mol. The predicted molar refractivity (Wildman–Crippen MR) is 91.7 cm³/mol. The SMILES string of the molecule is COCCNCC(=O)N1CCCC(C(=O)Nc2ccc(C)cn2)C1. The number of pyridine rings is 1. The van der Waals surface area contributed by atoms with Crippen molar-refractivity contribution in [3.8, 4) is 0 Å². The van der Waals surface area contributed by atoms with Gasteiger partial charge in [0.15, 0.2) is 0 Å². The lowest BCUT2D eigenvalue weighted by atomic mass is 9.97. The lowest BCUT2D eigenvalue weighted by Gasteiger charge is -2.32. The molecule has 1 aromatic heterocycles. The molecule has 1 unspecified atom stereocenters. The van der Waals surface area contributed by atoms with Gasteiger partial charge in [0.1, 0.15) is 5.82 Å². The second kappa shape index (κ2) is 9.34. The number of carbonyl (C=O) groups is 2. The maximum atomic E-state index is 12.4. The number of ether oxygens (including phenoxy) is 1. The number of methoxy groups -OCH3 is 1. The van der Waals surface area contributed by atoms with Crippen LogP contribution in [0.15, 0.2) is 18.3 Å². The van der Waals surface area contributed by atoms with Crippen molar-refractivity contribution in [1.29, 1.82) is 0 Å². The second-order valence-electron chi connectivity index (χ2n) is 6.06. The summed E-state index contributed by atoms with van der Waals surface area (Å²) in [5, 5.41) is 5.88. The van der Waals surface area contributed by atoms with Crippen LogP contribution in [0.5, 0.6) is 0 Å². The fourth-order valence-electron chi connectivity index (χ4n) is 2.67. The number of nitrogens with one attached hydrogen (secondary N) is 2. The van der Waals surface area contributed by atoms with Crippen LogP contribution in [0.1, 0.15) is 18.4 Å². The molecule has 0 bridgehead atoms. The van der Waals surface area contributed by atoms with Crippen LogP contribution in [0, 0.1) is 12.8 Å². The van der Waals surface area contributed by atoms with Gasteiger partial charge in [0, 0.05) is 32.9 Å². The molecule has 0 saturated carbocycles. The Bertz CT molecular complexity index is 547. The van der Waals surface area contributed by atoms with E-state index in [4.69, 9.17) is 4.74 Å². The summed E-state index contributed by atoms with van der Waals surface area (Å²) < 4.78 is 4.94. The van der Waals surface area contributed by atoms with Gasteiger partial charge in [-0.05, 0) is 31.4 Å². The van der Waals surface area contributed by atoms with E-state index in [0.29, 0.717) is 32.1 Å². The number of likely N-dealkylation sites (tertiary alicyclic amines) is 1. The number of anilines is 1. The zero-order chi connectivity index (χ0) is 17.4. The monoisotopic (exact) mass is 334 g/mol. The highest BCUT2D eigenvalue weighted by atomic mass is 16.5. The zero-order valence-electron chi connectivity index (χ0n) is 14.4. The van der Waals surface area contributed by atoms with E-state index < -0.39 is 0 Å². The fourth-order valence-corrected chi connectivity index (χ4v) is 2.67. The molecule has 1 aliphatic rings. The van der Waals surface area contributed by atoms with Crippen LogP contribution in [0.4, 0.5) is 5.82 Å². The maximum absolute atomic E-state index is 12.4. The number of nitrogens with zero attached hydrogens (tertiary/aromatic N) is 2. The van der Waals surface area contributed by atoms with Crippen molar-refractivity contribution in [2.75, 3.05) is 45.2 Å². The molecule has 2 amide bonds. The van der Waals surface area contributed by atoms with Crippen LogP contribution < -0.4 is 10.6 Å². The summed E-state index contributed by atoms with van der Waals surface area (Å²) in [6.07, 6.45) is 3.35. The minimum atomic E-state index is -0.190. The van der Waals surface area contributed by atoms with E-state index in [1.807, 2.05) is 13.0 Å². The summed E-state index contributed by atoms with van der Waals surface area (Å²) in [5.74, 6) is 0.313. The van der Waals surface area contributed by atoms with E-state index in [9.17, 15) is 9.59 Å². The normalized spacial score (nSPS) is 17.6. The van der Waals surface area contributed by atoms with Crippen molar-refractivity contribution in [3.05, 3.63) is 23.9 Å². The number of amides is 2. The fraction of sp³-hybridized carbons (Fsp3) is 0.588.